The van der Waals surface area contributed by atoms with Crippen LogP contribution in [0.1, 0.15) is 47.0 Å². The first-order chi connectivity index (χ1) is 10.1. The van der Waals surface area contributed by atoms with E-state index in [9.17, 15) is 9.59 Å². The minimum absolute atomic E-state index is 0.0584. The Hall–Kier alpha value is -0.910. The largest absolute Gasteiger partial charge is 0.417 e. The highest BCUT2D eigenvalue weighted by Gasteiger charge is 2.63. The van der Waals surface area contributed by atoms with Crippen LogP contribution in [0, 0.1) is 17.3 Å². The van der Waals surface area contributed by atoms with Crippen molar-refractivity contribution >= 4 is 23.2 Å². The molecule has 6 heteroatoms. The molecule has 2 rings (SSSR count). The summed E-state index contributed by atoms with van der Waals surface area (Å²) in [6.07, 6.45) is 3.92. The van der Waals surface area contributed by atoms with Crippen LogP contribution in [0.4, 0.5) is 9.59 Å². The Morgan fingerprint density at radius 2 is 1.77 bits per heavy atom. The number of carbonyl (C=O) groups excluding carboxylic acids is 2. The van der Waals surface area contributed by atoms with E-state index in [2.05, 4.69) is 20.8 Å². The lowest BCUT2D eigenvalue weighted by Gasteiger charge is -2.52. The van der Waals surface area contributed by atoms with Crippen molar-refractivity contribution in [1.29, 1.82) is 0 Å². The van der Waals surface area contributed by atoms with Gasteiger partial charge in [0.25, 0.3) is 0 Å². The highest BCUT2D eigenvalue weighted by atomic mass is 32.2. The molecule has 2 aliphatic carbocycles. The SMILES string of the molecule is CSC(=O)OC(C)OC(=O)N(C)C1(C)C2CCC(C2)C1(C)C. The molecule has 0 N–H and O–H groups in total. The van der Waals surface area contributed by atoms with Crippen LogP contribution >= 0.6 is 11.8 Å². The Balaban J connectivity index is 2.06. The van der Waals surface area contributed by atoms with E-state index in [4.69, 9.17) is 9.47 Å². The zero-order chi connectivity index (χ0) is 16.7. The van der Waals surface area contributed by atoms with Gasteiger partial charge in [-0.2, -0.15) is 0 Å². The molecule has 5 nitrogen and oxygen atoms in total. The lowest BCUT2D eigenvalue weighted by Crippen LogP contribution is -2.60. The first kappa shape index (κ1) is 17.4. The predicted molar refractivity (Wildman–Crippen MR) is 86.7 cm³/mol. The van der Waals surface area contributed by atoms with Crippen molar-refractivity contribution in [3.8, 4) is 0 Å². The molecule has 22 heavy (non-hydrogen) atoms. The van der Waals surface area contributed by atoms with Gasteiger partial charge in [-0.25, -0.2) is 9.59 Å². The van der Waals surface area contributed by atoms with Crippen molar-refractivity contribution in [2.24, 2.45) is 17.3 Å². The second-order valence-corrected chi connectivity index (χ2v) is 7.90. The van der Waals surface area contributed by atoms with Crippen LogP contribution < -0.4 is 0 Å². The van der Waals surface area contributed by atoms with E-state index in [0.717, 1.165) is 11.8 Å². The number of fused-ring (bicyclic) bond motifs is 2. The number of ether oxygens (including phenoxy) is 2. The van der Waals surface area contributed by atoms with E-state index in [0.29, 0.717) is 11.8 Å². The number of nitrogens with zero attached hydrogens (tertiary/aromatic N) is 1. The molecule has 0 heterocycles. The Kier molecular flexibility index (Phi) is 4.71. The molecule has 0 aromatic rings. The Labute approximate surface area is 137 Å². The average molecular weight is 329 g/mol. The van der Waals surface area contributed by atoms with Crippen molar-refractivity contribution in [1.82, 2.24) is 4.90 Å². The Morgan fingerprint density at radius 3 is 2.27 bits per heavy atom. The average Bonchev–Trinajstić information content (AvgIpc) is 3.00. The van der Waals surface area contributed by atoms with Gasteiger partial charge in [-0.05, 0) is 61.5 Å². The van der Waals surface area contributed by atoms with Gasteiger partial charge in [-0.3, -0.25) is 0 Å². The second kappa shape index (κ2) is 5.95. The third kappa shape index (κ3) is 2.59. The van der Waals surface area contributed by atoms with E-state index in [1.54, 1.807) is 25.1 Å². The molecule has 2 aliphatic rings. The number of carbonyl (C=O) groups is 2. The number of rotatable bonds is 3. The molecule has 0 saturated heterocycles. The maximum Gasteiger partial charge on any atom is 0.413 e. The van der Waals surface area contributed by atoms with Crippen molar-refractivity contribution in [3.63, 3.8) is 0 Å². The van der Waals surface area contributed by atoms with Crippen molar-refractivity contribution in [3.05, 3.63) is 0 Å². The summed E-state index contributed by atoms with van der Waals surface area (Å²) in [5.74, 6) is 1.17. The molecular weight excluding hydrogens is 302 g/mol. The van der Waals surface area contributed by atoms with Crippen LogP contribution in [-0.4, -0.2) is 41.4 Å². The highest BCUT2D eigenvalue weighted by Crippen LogP contribution is 2.63. The molecule has 0 spiro atoms. The summed E-state index contributed by atoms with van der Waals surface area (Å²) in [5.41, 5.74) is -0.168. The van der Waals surface area contributed by atoms with E-state index >= 15 is 0 Å². The monoisotopic (exact) mass is 329 g/mol. The predicted octanol–water partition coefficient (Wildman–Crippen LogP) is 4.12. The van der Waals surface area contributed by atoms with E-state index in [1.165, 1.54) is 19.3 Å². The van der Waals surface area contributed by atoms with Crippen LogP contribution in [0.15, 0.2) is 0 Å². The summed E-state index contributed by atoms with van der Waals surface area (Å²) in [7, 11) is 1.80. The maximum atomic E-state index is 12.5. The van der Waals surface area contributed by atoms with Crippen LogP contribution in [-0.2, 0) is 9.47 Å². The van der Waals surface area contributed by atoms with Crippen molar-refractivity contribution in [2.45, 2.75) is 58.8 Å². The fourth-order valence-corrected chi connectivity index (χ4v) is 4.64. The van der Waals surface area contributed by atoms with Gasteiger partial charge >= 0.3 is 11.4 Å². The molecule has 4 unspecified atom stereocenters. The first-order valence-electron chi connectivity index (χ1n) is 7.83. The zero-order valence-corrected chi connectivity index (χ0v) is 15.2. The van der Waals surface area contributed by atoms with E-state index in [1.807, 2.05) is 0 Å². The standard InChI is InChI=1S/C16H27NO4S/c1-10(21-14(19)22-6)20-13(18)17(5)16(4)12-8-7-11(9-12)15(16,2)3/h10-12H,7-9H2,1-6H3. The molecule has 2 saturated carbocycles. The van der Waals surface area contributed by atoms with Gasteiger partial charge in [0.2, 0.25) is 6.29 Å². The molecule has 2 bridgehead atoms. The third-order valence-electron chi connectivity index (χ3n) is 6.22. The summed E-state index contributed by atoms with van der Waals surface area (Å²) in [6, 6.07) is 0. The molecule has 1 amide bonds. The van der Waals surface area contributed by atoms with Gasteiger partial charge < -0.3 is 14.4 Å². The molecule has 0 aromatic carbocycles. The van der Waals surface area contributed by atoms with Crippen molar-refractivity contribution in [2.75, 3.05) is 13.3 Å². The van der Waals surface area contributed by atoms with Gasteiger partial charge in [0.05, 0.1) is 5.54 Å². The summed E-state index contributed by atoms with van der Waals surface area (Å²) >= 11 is 0.957. The Bertz CT molecular complexity index is 467. The van der Waals surface area contributed by atoms with Crippen LogP contribution in [0.25, 0.3) is 0 Å². The van der Waals surface area contributed by atoms with Gasteiger partial charge in [-0.15, -0.1) is 0 Å². The lowest BCUT2D eigenvalue weighted by molar-refractivity contribution is -0.0793. The molecule has 4 atom stereocenters. The summed E-state index contributed by atoms with van der Waals surface area (Å²) in [4.78, 5) is 25.4. The van der Waals surface area contributed by atoms with Crippen LogP contribution in [0.5, 0.6) is 0 Å². The summed E-state index contributed by atoms with van der Waals surface area (Å²) in [5, 5.41) is -0.450. The quantitative estimate of drug-likeness (QED) is 0.576. The first-order valence-corrected chi connectivity index (χ1v) is 9.06. The Morgan fingerprint density at radius 1 is 1.18 bits per heavy atom. The van der Waals surface area contributed by atoms with Crippen molar-refractivity contribution < 1.29 is 19.1 Å². The molecule has 0 radical (unpaired) electrons. The lowest BCUT2D eigenvalue weighted by atomic mass is 9.63. The number of amides is 1. The summed E-state index contributed by atoms with van der Waals surface area (Å²) < 4.78 is 10.3. The zero-order valence-electron chi connectivity index (χ0n) is 14.3. The number of hydrogen-bond acceptors (Lipinski definition) is 5. The molecule has 0 aromatic heterocycles. The minimum Gasteiger partial charge on any atom is -0.417 e. The fraction of sp³-hybridized carbons (Fsp3) is 0.875. The molecule has 0 aliphatic heterocycles. The highest BCUT2D eigenvalue weighted by molar-refractivity contribution is 8.12. The smallest absolute Gasteiger partial charge is 0.413 e. The molecular formula is C16H27NO4S. The van der Waals surface area contributed by atoms with Crippen LogP contribution in [0.2, 0.25) is 0 Å². The van der Waals surface area contributed by atoms with E-state index < -0.39 is 17.7 Å². The number of hydrogen-bond donors (Lipinski definition) is 0. The summed E-state index contributed by atoms with van der Waals surface area (Å²) in [6.45, 7) is 8.22. The van der Waals surface area contributed by atoms with Gasteiger partial charge in [0, 0.05) is 14.0 Å². The second-order valence-electron chi connectivity index (χ2n) is 7.16. The van der Waals surface area contributed by atoms with Crippen LogP contribution in [0.3, 0.4) is 0 Å². The fourth-order valence-electron chi connectivity index (χ4n) is 4.41. The normalized spacial score (nSPS) is 33.4. The molecule has 126 valence electrons. The van der Waals surface area contributed by atoms with Gasteiger partial charge in [0.1, 0.15) is 0 Å². The van der Waals surface area contributed by atoms with E-state index in [-0.39, 0.29) is 11.0 Å². The topological polar surface area (TPSA) is 55.8 Å². The minimum atomic E-state index is -0.875. The third-order valence-corrected chi connectivity index (χ3v) is 6.65. The van der Waals surface area contributed by atoms with Gasteiger partial charge in [0.15, 0.2) is 0 Å². The maximum absolute atomic E-state index is 12.5. The van der Waals surface area contributed by atoms with Gasteiger partial charge in [-0.1, -0.05) is 13.8 Å². The number of thioether (sulfide) groups is 1. The molecule has 2 fully saturated rings.